The van der Waals surface area contributed by atoms with Crippen LogP contribution < -0.4 is 9.47 Å². The molecule has 0 radical (unpaired) electrons. The van der Waals surface area contributed by atoms with Gasteiger partial charge in [0.05, 0.1) is 26.3 Å². The molecule has 0 spiro atoms. The molecule has 0 atom stereocenters. The van der Waals surface area contributed by atoms with Crippen LogP contribution in [0.25, 0.3) is 6.08 Å². The van der Waals surface area contributed by atoms with E-state index in [4.69, 9.17) is 11.6 Å². The molecule has 3 aromatic rings. The molecule has 166 valence electrons. The molecule has 0 saturated carbocycles. The highest BCUT2D eigenvalue weighted by Gasteiger charge is 2.34. The number of thioether (sulfide) groups is 2. The van der Waals surface area contributed by atoms with Gasteiger partial charge in [-0.3, -0.25) is 0 Å². The molecule has 2 aromatic carbocycles. The molecular weight excluding hydrogens is 466 g/mol. The number of hydrogen-bond acceptors (Lipinski definition) is 4. The molecule has 2 aliphatic heterocycles. The van der Waals surface area contributed by atoms with E-state index in [1.807, 2.05) is 12.1 Å². The molecule has 0 N–H and O–H groups in total. The number of halogens is 1. The van der Waals surface area contributed by atoms with Crippen LogP contribution in [0.5, 0.6) is 0 Å². The van der Waals surface area contributed by atoms with Gasteiger partial charge in [-0.2, -0.15) is 4.57 Å². The lowest BCUT2D eigenvalue weighted by Crippen LogP contribution is -2.37. The minimum absolute atomic E-state index is 0.758. The second-order valence-corrected chi connectivity index (χ2v) is 10.4. The second-order valence-electron chi connectivity index (χ2n) is 7.92. The van der Waals surface area contributed by atoms with Crippen LogP contribution in [0, 0.1) is 0 Å². The SMILES string of the molecule is C=C1/C(=C2\Sc3ccc(Cl)cc3N2C)S/C(=C\c2cccc[n+]2Cc2ccccc2)N1CC. The van der Waals surface area contributed by atoms with E-state index in [0.29, 0.717) is 0 Å². The van der Waals surface area contributed by atoms with E-state index < -0.39 is 0 Å². The van der Waals surface area contributed by atoms with Crippen molar-refractivity contribution in [1.29, 1.82) is 0 Å². The molecule has 0 aliphatic carbocycles. The van der Waals surface area contributed by atoms with Gasteiger partial charge in [-0.1, -0.05) is 72.0 Å². The van der Waals surface area contributed by atoms with Crippen molar-refractivity contribution in [3.63, 3.8) is 0 Å². The Morgan fingerprint density at radius 3 is 2.61 bits per heavy atom. The largest absolute Gasteiger partial charge is 0.337 e. The Balaban J connectivity index is 1.50. The van der Waals surface area contributed by atoms with Crippen LogP contribution >= 0.6 is 35.1 Å². The molecule has 6 heteroatoms. The molecule has 5 rings (SSSR count). The number of likely N-dealkylation sites (N-methyl/N-ethyl adjacent to an activating group) is 1. The maximum absolute atomic E-state index is 6.26. The van der Waals surface area contributed by atoms with Crippen LogP contribution in [0.3, 0.4) is 0 Å². The normalized spacial score (nSPS) is 19.0. The molecule has 3 nitrogen and oxygen atoms in total. The minimum atomic E-state index is 0.758. The van der Waals surface area contributed by atoms with Gasteiger partial charge in [-0.05, 0) is 31.2 Å². The maximum atomic E-state index is 6.26. The fraction of sp³-hybridized carbons (Fsp3) is 0.148. The Morgan fingerprint density at radius 1 is 1.03 bits per heavy atom. The lowest BCUT2D eigenvalue weighted by molar-refractivity contribution is -0.690. The van der Waals surface area contributed by atoms with Crippen molar-refractivity contribution in [2.24, 2.45) is 0 Å². The summed E-state index contributed by atoms with van der Waals surface area (Å²) in [5.41, 5.74) is 4.65. The predicted molar refractivity (Wildman–Crippen MR) is 142 cm³/mol. The predicted octanol–water partition coefficient (Wildman–Crippen LogP) is 6.97. The average molecular weight is 491 g/mol. The minimum Gasteiger partial charge on any atom is -0.337 e. The first-order chi connectivity index (χ1) is 16.0. The Morgan fingerprint density at radius 2 is 1.82 bits per heavy atom. The average Bonchev–Trinajstić information content (AvgIpc) is 3.31. The van der Waals surface area contributed by atoms with Crippen molar-refractivity contribution < 1.29 is 4.57 Å². The molecule has 0 unspecified atom stereocenters. The molecule has 2 aliphatic rings. The van der Waals surface area contributed by atoms with E-state index in [0.717, 1.165) is 29.5 Å². The first-order valence-electron chi connectivity index (χ1n) is 10.9. The number of rotatable bonds is 4. The molecule has 33 heavy (non-hydrogen) atoms. The monoisotopic (exact) mass is 490 g/mol. The number of nitrogens with zero attached hydrogens (tertiary/aromatic N) is 3. The summed E-state index contributed by atoms with van der Waals surface area (Å²) >= 11 is 9.84. The van der Waals surface area contributed by atoms with Crippen molar-refractivity contribution in [1.82, 2.24) is 4.90 Å². The van der Waals surface area contributed by atoms with Gasteiger partial charge < -0.3 is 9.80 Å². The highest BCUT2D eigenvalue weighted by Crippen LogP contribution is 2.54. The highest BCUT2D eigenvalue weighted by atomic mass is 35.5. The van der Waals surface area contributed by atoms with Gasteiger partial charge in [0.15, 0.2) is 12.7 Å². The number of pyridine rings is 1. The molecule has 0 amide bonds. The third-order valence-corrected chi connectivity index (χ3v) is 8.59. The van der Waals surface area contributed by atoms with Crippen molar-refractivity contribution in [2.75, 3.05) is 18.5 Å². The smallest absolute Gasteiger partial charge is 0.208 e. The number of aromatic nitrogens is 1. The van der Waals surface area contributed by atoms with Crippen LogP contribution in [0.15, 0.2) is 105 Å². The van der Waals surface area contributed by atoms with Crippen molar-refractivity contribution in [2.45, 2.75) is 18.4 Å². The topological polar surface area (TPSA) is 10.4 Å². The maximum Gasteiger partial charge on any atom is 0.208 e. The number of anilines is 1. The lowest BCUT2D eigenvalue weighted by Gasteiger charge is -2.19. The van der Waals surface area contributed by atoms with E-state index in [9.17, 15) is 0 Å². The van der Waals surface area contributed by atoms with E-state index in [2.05, 4.69) is 102 Å². The summed E-state index contributed by atoms with van der Waals surface area (Å²) < 4.78 is 2.29. The first kappa shape index (κ1) is 22.2. The van der Waals surface area contributed by atoms with Gasteiger partial charge in [-0.15, -0.1) is 0 Å². The zero-order chi connectivity index (χ0) is 22.9. The number of hydrogen-bond donors (Lipinski definition) is 0. The van der Waals surface area contributed by atoms with Gasteiger partial charge in [-0.25, -0.2) is 0 Å². The van der Waals surface area contributed by atoms with E-state index in [1.165, 1.54) is 31.1 Å². The Labute approximate surface area is 209 Å². The standard InChI is InChI=1S/C27H25ClN3S2/c1-4-31-19(2)26(27-29(3)23-16-21(28)13-14-24(23)32-27)33-25(31)17-22-12-8-9-15-30(22)18-20-10-6-5-7-11-20/h5-17H,2,4,18H2,1,3H3/q+1/b27-26+. The van der Waals surface area contributed by atoms with E-state index in [1.54, 1.807) is 23.5 Å². The second kappa shape index (κ2) is 9.34. The van der Waals surface area contributed by atoms with Crippen molar-refractivity contribution >= 4 is 46.9 Å². The summed E-state index contributed by atoms with van der Waals surface area (Å²) in [5.74, 6) is 0. The zero-order valence-electron chi connectivity index (χ0n) is 18.7. The highest BCUT2D eigenvalue weighted by molar-refractivity contribution is 8.09. The van der Waals surface area contributed by atoms with E-state index >= 15 is 0 Å². The summed E-state index contributed by atoms with van der Waals surface area (Å²) in [6, 6.07) is 23.0. The van der Waals surface area contributed by atoms with Gasteiger partial charge in [0.25, 0.3) is 0 Å². The van der Waals surface area contributed by atoms with Crippen LogP contribution in [-0.2, 0) is 6.54 Å². The summed E-state index contributed by atoms with van der Waals surface area (Å²) in [5, 5.41) is 3.16. The summed E-state index contributed by atoms with van der Waals surface area (Å²) in [4.78, 5) is 6.96. The molecule has 1 saturated heterocycles. The molecule has 0 bridgehead atoms. The van der Waals surface area contributed by atoms with Crippen molar-refractivity contribution in [3.05, 3.63) is 116 Å². The molecular formula is C27H25ClN3S2+. The summed E-state index contributed by atoms with van der Waals surface area (Å²) in [7, 11) is 2.11. The zero-order valence-corrected chi connectivity index (χ0v) is 21.1. The quantitative estimate of drug-likeness (QED) is 0.365. The first-order valence-corrected chi connectivity index (χ1v) is 12.9. The third-order valence-electron chi connectivity index (χ3n) is 5.81. The van der Waals surface area contributed by atoms with Crippen LogP contribution in [0.4, 0.5) is 5.69 Å². The van der Waals surface area contributed by atoms with Gasteiger partial charge >= 0.3 is 0 Å². The molecule has 1 fully saturated rings. The molecule has 3 heterocycles. The van der Waals surface area contributed by atoms with Gasteiger partial charge in [0.1, 0.15) is 0 Å². The van der Waals surface area contributed by atoms with Gasteiger partial charge in [0.2, 0.25) is 5.69 Å². The number of benzene rings is 2. The summed E-state index contributed by atoms with van der Waals surface area (Å²) in [6.07, 6.45) is 4.42. The fourth-order valence-corrected chi connectivity index (χ4v) is 6.78. The van der Waals surface area contributed by atoms with Gasteiger partial charge in [0, 0.05) is 47.3 Å². The lowest BCUT2D eigenvalue weighted by atomic mass is 10.2. The van der Waals surface area contributed by atoms with Crippen LogP contribution in [-0.4, -0.2) is 18.5 Å². The Kier molecular flexibility index (Phi) is 6.28. The Bertz CT molecular complexity index is 1280. The van der Waals surface area contributed by atoms with Crippen LogP contribution in [0.2, 0.25) is 5.02 Å². The van der Waals surface area contributed by atoms with E-state index in [-0.39, 0.29) is 0 Å². The van der Waals surface area contributed by atoms with Crippen LogP contribution in [0.1, 0.15) is 18.2 Å². The van der Waals surface area contributed by atoms with Crippen molar-refractivity contribution in [3.8, 4) is 0 Å². The Hall–Kier alpha value is -2.60. The number of fused-ring (bicyclic) bond motifs is 1. The fourth-order valence-electron chi connectivity index (χ4n) is 4.09. The molecule has 1 aromatic heterocycles. The summed E-state index contributed by atoms with van der Waals surface area (Å²) in [6.45, 7) is 8.34. The third kappa shape index (κ3) is 4.33.